The number of esters is 1. The van der Waals surface area contributed by atoms with E-state index >= 15 is 0 Å². The van der Waals surface area contributed by atoms with Gasteiger partial charge in [-0.25, -0.2) is 9.59 Å². The molecular weight excluding hydrogens is 374 g/mol. The second-order valence-corrected chi connectivity index (χ2v) is 6.18. The maximum atomic E-state index is 12.3. The molecule has 0 saturated heterocycles. The number of rotatable bonds is 5. The zero-order chi connectivity index (χ0) is 19.6. The highest BCUT2D eigenvalue weighted by Crippen LogP contribution is 2.24. The van der Waals surface area contributed by atoms with Crippen molar-refractivity contribution in [3.63, 3.8) is 0 Å². The molecule has 0 amide bonds. The summed E-state index contributed by atoms with van der Waals surface area (Å²) in [6, 6.07) is 10.2. The Labute approximate surface area is 158 Å². The summed E-state index contributed by atoms with van der Waals surface area (Å²) in [5.41, 5.74) is 1.15. The van der Waals surface area contributed by atoms with Gasteiger partial charge in [-0.1, -0.05) is 30.7 Å². The first-order valence-corrected chi connectivity index (χ1v) is 8.43. The fraction of sp³-hybridized carbons (Fsp3) is 0.158. The summed E-state index contributed by atoms with van der Waals surface area (Å²) in [6.45, 7) is 1.82. The number of aryl methyl sites for hydroxylation is 1. The molecule has 0 atom stereocenters. The number of ether oxygens (including phenoxy) is 1. The first-order chi connectivity index (χ1) is 12.9. The topological polar surface area (TPSA) is 99.6 Å². The molecule has 0 fully saturated rings. The molecule has 2 aromatic carbocycles. The maximum absolute atomic E-state index is 12.3. The Bertz CT molecular complexity index is 1110. The third-order valence-corrected chi connectivity index (χ3v) is 4.36. The van der Waals surface area contributed by atoms with Gasteiger partial charge in [-0.3, -0.25) is 10.1 Å². The van der Waals surface area contributed by atoms with Gasteiger partial charge in [0.2, 0.25) is 0 Å². The van der Waals surface area contributed by atoms with E-state index in [4.69, 9.17) is 20.8 Å². The minimum atomic E-state index is -0.749. The van der Waals surface area contributed by atoms with Gasteiger partial charge in [0, 0.05) is 29.1 Å². The molecule has 138 valence electrons. The summed E-state index contributed by atoms with van der Waals surface area (Å²) >= 11 is 5.93. The van der Waals surface area contributed by atoms with Gasteiger partial charge in [0.1, 0.15) is 12.2 Å². The molecule has 7 nitrogen and oxygen atoms in total. The fourth-order valence-corrected chi connectivity index (χ4v) is 2.87. The Morgan fingerprint density at radius 3 is 2.67 bits per heavy atom. The molecule has 0 radical (unpaired) electrons. The van der Waals surface area contributed by atoms with Crippen LogP contribution in [0.1, 0.15) is 28.4 Å². The van der Waals surface area contributed by atoms with Crippen LogP contribution in [-0.4, -0.2) is 10.9 Å². The van der Waals surface area contributed by atoms with Gasteiger partial charge in [0.25, 0.3) is 5.69 Å². The summed E-state index contributed by atoms with van der Waals surface area (Å²) in [6.07, 6.45) is 0.789. The van der Waals surface area contributed by atoms with Crippen LogP contribution in [0, 0.1) is 10.1 Å². The van der Waals surface area contributed by atoms with E-state index in [1.807, 2.05) is 13.0 Å². The second kappa shape index (κ2) is 7.59. The molecule has 0 unspecified atom stereocenters. The smallest absolute Gasteiger partial charge is 0.339 e. The van der Waals surface area contributed by atoms with Gasteiger partial charge in [-0.15, -0.1) is 0 Å². The van der Waals surface area contributed by atoms with E-state index in [1.54, 1.807) is 12.1 Å². The monoisotopic (exact) mass is 387 g/mol. The van der Waals surface area contributed by atoms with Crippen molar-refractivity contribution in [3.05, 3.63) is 84.7 Å². The van der Waals surface area contributed by atoms with Gasteiger partial charge in [-0.2, -0.15) is 0 Å². The van der Waals surface area contributed by atoms with Gasteiger partial charge >= 0.3 is 11.6 Å². The Morgan fingerprint density at radius 1 is 1.22 bits per heavy atom. The average Bonchev–Trinajstić information content (AvgIpc) is 2.64. The Hall–Kier alpha value is -3.19. The molecule has 0 aliphatic heterocycles. The number of nitrogens with zero attached hydrogens (tertiary/aromatic N) is 1. The number of benzene rings is 2. The van der Waals surface area contributed by atoms with E-state index in [9.17, 15) is 19.7 Å². The highest BCUT2D eigenvalue weighted by molar-refractivity contribution is 6.33. The largest absolute Gasteiger partial charge is 0.457 e. The van der Waals surface area contributed by atoms with Crippen molar-refractivity contribution in [2.45, 2.75) is 20.0 Å². The molecular formula is C19H14ClNO6. The summed E-state index contributed by atoms with van der Waals surface area (Å²) in [5.74, 6) is -0.749. The van der Waals surface area contributed by atoms with Crippen LogP contribution < -0.4 is 5.63 Å². The van der Waals surface area contributed by atoms with Crippen LogP contribution in [0.4, 0.5) is 5.69 Å². The summed E-state index contributed by atoms with van der Waals surface area (Å²) in [7, 11) is 0. The lowest BCUT2D eigenvalue weighted by molar-refractivity contribution is -0.384. The Kier molecular flexibility index (Phi) is 5.23. The van der Waals surface area contributed by atoms with Crippen LogP contribution in [0.5, 0.6) is 0 Å². The normalized spacial score (nSPS) is 10.7. The zero-order valence-corrected chi connectivity index (χ0v) is 15.0. The molecule has 3 rings (SSSR count). The summed E-state index contributed by atoms with van der Waals surface area (Å²) in [4.78, 5) is 34.2. The van der Waals surface area contributed by atoms with Crippen molar-refractivity contribution < 1.29 is 18.9 Å². The zero-order valence-electron chi connectivity index (χ0n) is 14.2. The van der Waals surface area contributed by atoms with Crippen LogP contribution in [0.2, 0.25) is 5.02 Å². The van der Waals surface area contributed by atoms with Crippen molar-refractivity contribution >= 4 is 34.2 Å². The Balaban J connectivity index is 1.85. The number of halogens is 1. The van der Waals surface area contributed by atoms with E-state index in [1.165, 1.54) is 18.2 Å². The second-order valence-electron chi connectivity index (χ2n) is 5.77. The number of fused-ring (bicyclic) bond motifs is 1. The molecule has 1 aromatic heterocycles. The lowest BCUT2D eigenvalue weighted by Gasteiger charge is -2.09. The van der Waals surface area contributed by atoms with Crippen LogP contribution in [0.25, 0.3) is 11.0 Å². The van der Waals surface area contributed by atoms with Crippen LogP contribution in [0.15, 0.2) is 51.7 Å². The molecule has 0 aliphatic rings. The van der Waals surface area contributed by atoms with Gasteiger partial charge in [0.05, 0.1) is 15.5 Å². The predicted molar refractivity (Wildman–Crippen MR) is 99.1 cm³/mol. The molecule has 0 aliphatic carbocycles. The number of nitro benzene ring substituents is 1. The van der Waals surface area contributed by atoms with E-state index in [0.717, 1.165) is 18.1 Å². The third-order valence-electron chi connectivity index (χ3n) is 4.05. The molecule has 0 N–H and O–H groups in total. The minimum absolute atomic E-state index is 0.00260. The minimum Gasteiger partial charge on any atom is -0.457 e. The van der Waals surface area contributed by atoms with E-state index in [2.05, 4.69) is 0 Å². The number of hydrogen-bond donors (Lipinski definition) is 0. The van der Waals surface area contributed by atoms with Gasteiger partial charge in [-0.05, 0) is 24.1 Å². The standard InChI is InChI=1S/C19H14ClNO6/c1-2-11-3-5-14-12(8-18(22)27-17(14)7-11)10-26-19(23)15-6-4-13(21(24)25)9-16(15)20/h3-9H,2,10H2,1H3. The number of carbonyl (C=O) groups excluding carboxylic acids is 1. The molecule has 0 spiro atoms. The first kappa shape index (κ1) is 18.6. The van der Waals surface area contributed by atoms with Crippen molar-refractivity contribution in [3.8, 4) is 0 Å². The molecule has 0 saturated carbocycles. The number of carbonyl (C=O) groups is 1. The highest BCUT2D eigenvalue weighted by Gasteiger charge is 2.17. The molecule has 3 aromatic rings. The number of hydrogen-bond acceptors (Lipinski definition) is 6. The SMILES string of the molecule is CCc1ccc2c(COC(=O)c3ccc([N+](=O)[O-])cc3Cl)cc(=O)oc2c1. The van der Waals surface area contributed by atoms with Crippen molar-refractivity contribution in [2.75, 3.05) is 0 Å². The fourth-order valence-electron chi connectivity index (χ4n) is 2.62. The third kappa shape index (κ3) is 3.98. The van der Waals surface area contributed by atoms with Crippen molar-refractivity contribution in [1.29, 1.82) is 0 Å². The Morgan fingerprint density at radius 2 is 2.00 bits per heavy atom. The van der Waals surface area contributed by atoms with Crippen LogP contribution >= 0.6 is 11.6 Å². The molecule has 8 heteroatoms. The number of non-ortho nitro benzene ring substituents is 1. The first-order valence-electron chi connectivity index (χ1n) is 8.05. The summed E-state index contributed by atoms with van der Waals surface area (Å²) < 4.78 is 10.5. The molecule has 27 heavy (non-hydrogen) atoms. The van der Waals surface area contributed by atoms with E-state index in [0.29, 0.717) is 16.5 Å². The van der Waals surface area contributed by atoms with E-state index in [-0.39, 0.29) is 22.9 Å². The van der Waals surface area contributed by atoms with E-state index < -0.39 is 16.5 Å². The predicted octanol–water partition coefficient (Wildman–Crippen LogP) is 4.27. The molecule has 0 bridgehead atoms. The van der Waals surface area contributed by atoms with Crippen LogP contribution in [-0.2, 0) is 17.8 Å². The van der Waals surface area contributed by atoms with Gasteiger partial charge < -0.3 is 9.15 Å². The summed E-state index contributed by atoms with van der Waals surface area (Å²) in [5, 5.41) is 11.3. The quantitative estimate of drug-likeness (QED) is 0.280. The van der Waals surface area contributed by atoms with Crippen molar-refractivity contribution in [2.24, 2.45) is 0 Å². The number of nitro groups is 1. The maximum Gasteiger partial charge on any atom is 0.339 e. The lowest BCUT2D eigenvalue weighted by Crippen LogP contribution is -2.08. The van der Waals surface area contributed by atoms with Crippen molar-refractivity contribution in [1.82, 2.24) is 0 Å². The molecule has 1 heterocycles. The highest BCUT2D eigenvalue weighted by atomic mass is 35.5. The average molecular weight is 388 g/mol. The lowest BCUT2D eigenvalue weighted by atomic mass is 10.1. The van der Waals surface area contributed by atoms with Crippen LogP contribution in [0.3, 0.4) is 0 Å². The van der Waals surface area contributed by atoms with Gasteiger partial charge in [0.15, 0.2) is 0 Å².